The largest absolute Gasteiger partial charge is 0.272 e. The second kappa shape index (κ2) is 8.29. The van der Waals surface area contributed by atoms with Gasteiger partial charge in [-0.1, -0.05) is 47.1 Å². The van der Waals surface area contributed by atoms with Crippen LogP contribution in [-0.4, -0.2) is 27.8 Å². The molecule has 0 aliphatic rings. The van der Waals surface area contributed by atoms with E-state index < -0.39 is 0 Å². The molecule has 2 aromatic rings. The van der Waals surface area contributed by atoms with E-state index in [0.29, 0.717) is 20.8 Å². The lowest BCUT2D eigenvalue weighted by atomic mass is 10.2. The molecule has 0 spiro atoms. The van der Waals surface area contributed by atoms with Crippen molar-refractivity contribution >= 4 is 47.1 Å². The number of rotatable bonds is 5. The number of aromatic nitrogens is 2. The Morgan fingerprint density at radius 2 is 2.00 bits per heavy atom. The summed E-state index contributed by atoms with van der Waals surface area (Å²) < 4.78 is 0. The molecule has 1 amide bonds. The number of nitrogens with zero attached hydrogens (tertiary/aromatic N) is 3. The van der Waals surface area contributed by atoms with Gasteiger partial charge in [-0.25, -0.2) is 15.4 Å². The van der Waals surface area contributed by atoms with E-state index in [9.17, 15) is 4.79 Å². The van der Waals surface area contributed by atoms with Gasteiger partial charge in [0.25, 0.3) is 5.91 Å². The standard InChI is InChI=1S/C15H14Cl2N4OS/c1-9-6-10(2)20-15(19-9)23-8-13(22)21-18-7-11-4-3-5-12(16)14(11)17/h3-7H,8H2,1-2H3,(H,21,22)/b18-7-. The van der Waals surface area contributed by atoms with E-state index in [0.717, 1.165) is 11.4 Å². The molecule has 23 heavy (non-hydrogen) atoms. The number of nitrogens with one attached hydrogen (secondary N) is 1. The SMILES string of the molecule is Cc1cc(C)nc(SCC(=O)N/N=C\c2cccc(Cl)c2Cl)n1. The van der Waals surface area contributed by atoms with E-state index in [-0.39, 0.29) is 11.7 Å². The normalized spacial score (nSPS) is 11.0. The predicted molar refractivity (Wildman–Crippen MR) is 94.4 cm³/mol. The van der Waals surface area contributed by atoms with E-state index in [4.69, 9.17) is 23.2 Å². The first-order valence-electron chi connectivity index (χ1n) is 6.66. The van der Waals surface area contributed by atoms with Crippen LogP contribution in [0.25, 0.3) is 0 Å². The average molecular weight is 369 g/mol. The molecule has 1 N–H and O–H groups in total. The molecule has 5 nitrogen and oxygen atoms in total. The third-order valence-corrected chi connectivity index (χ3v) is 4.35. The summed E-state index contributed by atoms with van der Waals surface area (Å²) in [5.74, 6) is -0.0871. The number of carbonyl (C=O) groups is 1. The van der Waals surface area contributed by atoms with Crippen LogP contribution in [0.15, 0.2) is 34.5 Å². The summed E-state index contributed by atoms with van der Waals surface area (Å²) in [5, 5.41) is 5.27. The number of carbonyl (C=O) groups excluding carboxylic acids is 1. The number of hydrazone groups is 1. The van der Waals surface area contributed by atoms with Gasteiger partial charge in [0.2, 0.25) is 0 Å². The maximum absolute atomic E-state index is 11.8. The second-order valence-corrected chi connectivity index (χ2v) is 6.39. The summed E-state index contributed by atoms with van der Waals surface area (Å²) in [4.78, 5) is 20.3. The summed E-state index contributed by atoms with van der Waals surface area (Å²) in [6.07, 6.45) is 1.45. The molecule has 2 rings (SSSR count). The highest BCUT2D eigenvalue weighted by Crippen LogP contribution is 2.24. The molecule has 0 aliphatic heterocycles. The first-order valence-corrected chi connectivity index (χ1v) is 8.41. The van der Waals surface area contributed by atoms with Crippen LogP contribution in [0.4, 0.5) is 0 Å². The van der Waals surface area contributed by atoms with E-state index in [1.165, 1.54) is 18.0 Å². The third kappa shape index (κ3) is 5.49. The van der Waals surface area contributed by atoms with Crippen LogP contribution in [0, 0.1) is 13.8 Å². The Kier molecular flexibility index (Phi) is 6.38. The lowest BCUT2D eigenvalue weighted by Crippen LogP contribution is -2.19. The summed E-state index contributed by atoms with van der Waals surface area (Å²) >= 11 is 13.2. The number of hydrogen-bond donors (Lipinski definition) is 1. The third-order valence-electron chi connectivity index (χ3n) is 2.67. The van der Waals surface area contributed by atoms with E-state index >= 15 is 0 Å². The minimum Gasteiger partial charge on any atom is -0.272 e. The fraction of sp³-hybridized carbons (Fsp3) is 0.200. The Bertz CT molecular complexity index is 732. The van der Waals surface area contributed by atoms with Crippen LogP contribution in [0.3, 0.4) is 0 Å². The topological polar surface area (TPSA) is 67.2 Å². The monoisotopic (exact) mass is 368 g/mol. The van der Waals surface area contributed by atoms with Crippen molar-refractivity contribution in [2.75, 3.05) is 5.75 Å². The molecular formula is C15H14Cl2N4OS. The van der Waals surface area contributed by atoms with Crippen molar-refractivity contribution in [1.29, 1.82) is 0 Å². The Morgan fingerprint density at radius 1 is 1.30 bits per heavy atom. The van der Waals surface area contributed by atoms with Crippen molar-refractivity contribution in [2.45, 2.75) is 19.0 Å². The molecule has 0 unspecified atom stereocenters. The van der Waals surface area contributed by atoms with Crippen molar-refractivity contribution in [2.24, 2.45) is 5.10 Å². The van der Waals surface area contributed by atoms with Gasteiger partial charge in [0.1, 0.15) is 0 Å². The minimum atomic E-state index is -0.257. The number of thioether (sulfide) groups is 1. The fourth-order valence-corrected chi connectivity index (χ4v) is 2.81. The Balaban J connectivity index is 1.87. The molecule has 1 heterocycles. The second-order valence-electron chi connectivity index (χ2n) is 4.66. The smallest absolute Gasteiger partial charge is 0.250 e. The first kappa shape index (κ1) is 17.7. The van der Waals surface area contributed by atoms with E-state index in [1.807, 2.05) is 19.9 Å². The maximum atomic E-state index is 11.8. The van der Waals surface area contributed by atoms with Crippen LogP contribution in [0.1, 0.15) is 17.0 Å². The summed E-state index contributed by atoms with van der Waals surface area (Å²) in [5.41, 5.74) is 4.80. The zero-order valence-electron chi connectivity index (χ0n) is 12.5. The van der Waals surface area contributed by atoms with Gasteiger partial charge in [0.15, 0.2) is 5.16 Å². The lowest BCUT2D eigenvalue weighted by Gasteiger charge is -2.03. The van der Waals surface area contributed by atoms with Crippen molar-refractivity contribution in [3.8, 4) is 0 Å². The minimum absolute atomic E-state index is 0.170. The van der Waals surface area contributed by atoms with Gasteiger partial charge in [-0.3, -0.25) is 4.79 Å². The molecule has 0 atom stereocenters. The van der Waals surface area contributed by atoms with Gasteiger partial charge in [0.05, 0.1) is 22.0 Å². The van der Waals surface area contributed by atoms with Gasteiger partial charge in [-0.15, -0.1) is 0 Å². The van der Waals surface area contributed by atoms with Crippen LogP contribution in [0.5, 0.6) is 0 Å². The number of benzene rings is 1. The lowest BCUT2D eigenvalue weighted by molar-refractivity contribution is -0.118. The molecule has 1 aromatic heterocycles. The zero-order chi connectivity index (χ0) is 16.8. The molecule has 0 bridgehead atoms. The van der Waals surface area contributed by atoms with Gasteiger partial charge >= 0.3 is 0 Å². The van der Waals surface area contributed by atoms with Gasteiger partial charge in [-0.2, -0.15) is 5.10 Å². The molecule has 0 fully saturated rings. The number of aryl methyl sites for hydroxylation is 2. The van der Waals surface area contributed by atoms with Crippen LogP contribution >= 0.6 is 35.0 Å². The van der Waals surface area contributed by atoms with Crippen LogP contribution in [-0.2, 0) is 4.79 Å². The van der Waals surface area contributed by atoms with Crippen LogP contribution in [0.2, 0.25) is 10.0 Å². The number of hydrogen-bond acceptors (Lipinski definition) is 5. The maximum Gasteiger partial charge on any atom is 0.250 e. The van der Waals surface area contributed by atoms with Gasteiger partial charge in [0, 0.05) is 17.0 Å². The average Bonchev–Trinajstić information content (AvgIpc) is 2.48. The first-order chi connectivity index (χ1) is 11.0. The molecular weight excluding hydrogens is 355 g/mol. The summed E-state index contributed by atoms with van der Waals surface area (Å²) in [6, 6.07) is 7.07. The van der Waals surface area contributed by atoms with Crippen molar-refractivity contribution in [3.05, 3.63) is 51.3 Å². The van der Waals surface area contributed by atoms with Crippen LogP contribution < -0.4 is 5.43 Å². The summed E-state index contributed by atoms with van der Waals surface area (Å²) in [6.45, 7) is 3.77. The van der Waals surface area contributed by atoms with Crippen molar-refractivity contribution < 1.29 is 4.79 Å². The Labute approximate surface area is 148 Å². The van der Waals surface area contributed by atoms with Gasteiger partial charge in [-0.05, 0) is 26.0 Å². The zero-order valence-corrected chi connectivity index (χ0v) is 14.8. The fourth-order valence-electron chi connectivity index (χ4n) is 1.71. The number of amides is 1. The van der Waals surface area contributed by atoms with Crippen molar-refractivity contribution in [3.63, 3.8) is 0 Å². The van der Waals surface area contributed by atoms with Crippen molar-refractivity contribution in [1.82, 2.24) is 15.4 Å². The van der Waals surface area contributed by atoms with E-state index in [2.05, 4.69) is 20.5 Å². The molecule has 120 valence electrons. The predicted octanol–water partition coefficient (Wildman–Crippen LogP) is 3.64. The highest BCUT2D eigenvalue weighted by atomic mass is 35.5. The quantitative estimate of drug-likeness (QED) is 0.378. The summed E-state index contributed by atoms with van der Waals surface area (Å²) in [7, 11) is 0. The highest BCUT2D eigenvalue weighted by Gasteiger charge is 2.06. The molecule has 8 heteroatoms. The highest BCUT2D eigenvalue weighted by molar-refractivity contribution is 7.99. The van der Waals surface area contributed by atoms with Gasteiger partial charge < -0.3 is 0 Å². The molecule has 0 radical (unpaired) electrons. The number of halogens is 2. The van der Waals surface area contributed by atoms with E-state index in [1.54, 1.807) is 18.2 Å². The molecule has 0 aliphatic carbocycles. The molecule has 0 saturated carbocycles. The molecule has 0 saturated heterocycles. The Morgan fingerprint density at radius 3 is 2.70 bits per heavy atom. The molecule has 1 aromatic carbocycles. The Hall–Kier alpha value is -1.63.